The van der Waals surface area contributed by atoms with Gasteiger partial charge in [0.05, 0.1) is 22.7 Å². The minimum Gasteiger partial charge on any atom is -0.306 e. The van der Waals surface area contributed by atoms with Gasteiger partial charge in [0, 0.05) is 22.4 Å². The summed E-state index contributed by atoms with van der Waals surface area (Å²) in [5, 5.41) is 0. The molecule has 0 unspecified atom stereocenters. The number of para-hydroxylation sites is 4. The van der Waals surface area contributed by atoms with Gasteiger partial charge in [0.25, 0.3) is 0 Å². The highest BCUT2D eigenvalue weighted by Gasteiger charge is 2.41. The van der Waals surface area contributed by atoms with Crippen LogP contribution in [-0.4, -0.2) is 0 Å². The molecular formula is C33H26N2. The summed E-state index contributed by atoms with van der Waals surface area (Å²) in [5.74, 6) is 0. The number of nitrogens with zero attached hydrogens (tertiary/aromatic N) is 2. The molecule has 35 heavy (non-hydrogen) atoms. The molecule has 2 aliphatic rings. The van der Waals surface area contributed by atoms with Crippen LogP contribution in [0.25, 0.3) is 11.1 Å². The lowest BCUT2D eigenvalue weighted by Crippen LogP contribution is -2.25. The second kappa shape index (κ2) is 7.35. The molecule has 0 bridgehead atoms. The molecule has 2 heteroatoms. The van der Waals surface area contributed by atoms with Crippen molar-refractivity contribution in [3.63, 3.8) is 0 Å². The van der Waals surface area contributed by atoms with Crippen LogP contribution in [0.5, 0.6) is 0 Å². The van der Waals surface area contributed by atoms with Crippen molar-refractivity contribution < 1.29 is 0 Å². The zero-order valence-corrected chi connectivity index (χ0v) is 19.9. The zero-order chi connectivity index (χ0) is 23.6. The van der Waals surface area contributed by atoms with Crippen LogP contribution in [0, 0.1) is 0 Å². The maximum absolute atomic E-state index is 2.46. The Hall–Kier alpha value is -4.30. The third-order valence-corrected chi connectivity index (χ3v) is 7.56. The van der Waals surface area contributed by atoms with Crippen molar-refractivity contribution in [2.45, 2.75) is 19.3 Å². The van der Waals surface area contributed by atoms with E-state index in [2.05, 4.69) is 145 Å². The number of fused-ring (bicyclic) bond motifs is 6. The molecule has 0 N–H and O–H groups in total. The summed E-state index contributed by atoms with van der Waals surface area (Å²) in [6.07, 6.45) is 0. The van der Waals surface area contributed by atoms with Crippen LogP contribution in [0.1, 0.15) is 25.0 Å². The van der Waals surface area contributed by atoms with Gasteiger partial charge < -0.3 is 9.80 Å². The largest absolute Gasteiger partial charge is 0.306 e. The number of anilines is 6. The number of rotatable bonds is 2. The third kappa shape index (κ3) is 2.77. The summed E-state index contributed by atoms with van der Waals surface area (Å²) in [4.78, 5) is 4.87. The van der Waals surface area contributed by atoms with Crippen molar-refractivity contribution in [3.05, 3.63) is 132 Å². The first-order valence-electron chi connectivity index (χ1n) is 12.2. The fourth-order valence-electron chi connectivity index (χ4n) is 5.96. The Bertz CT molecular complexity index is 1570. The molecule has 0 saturated heterocycles. The normalized spacial score (nSPS) is 14.7. The van der Waals surface area contributed by atoms with Gasteiger partial charge >= 0.3 is 0 Å². The quantitative estimate of drug-likeness (QED) is 0.259. The SMILES string of the molecule is CC1(C)c2ccccc2-c2c1ccc1c2N(c2ccccc2)c2ccccc2N1c1ccccc1. The van der Waals surface area contributed by atoms with Gasteiger partial charge in [0.1, 0.15) is 0 Å². The van der Waals surface area contributed by atoms with Gasteiger partial charge in [-0.15, -0.1) is 0 Å². The summed E-state index contributed by atoms with van der Waals surface area (Å²) < 4.78 is 0. The van der Waals surface area contributed by atoms with Crippen LogP contribution in [0.4, 0.5) is 34.1 Å². The van der Waals surface area contributed by atoms with Crippen molar-refractivity contribution in [1.82, 2.24) is 0 Å². The Morgan fingerprint density at radius 1 is 0.457 bits per heavy atom. The maximum atomic E-state index is 2.46. The monoisotopic (exact) mass is 450 g/mol. The molecule has 5 aromatic carbocycles. The summed E-state index contributed by atoms with van der Waals surface area (Å²) >= 11 is 0. The molecule has 0 fully saturated rings. The van der Waals surface area contributed by atoms with Crippen molar-refractivity contribution >= 4 is 34.1 Å². The third-order valence-electron chi connectivity index (χ3n) is 7.56. The van der Waals surface area contributed by atoms with E-state index in [1.807, 2.05) is 0 Å². The topological polar surface area (TPSA) is 6.48 Å². The second-order valence-corrected chi connectivity index (χ2v) is 9.86. The molecule has 0 saturated carbocycles. The maximum Gasteiger partial charge on any atom is 0.0785 e. The van der Waals surface area contributed by atoms with Gasteiger partial charge in [-0.3, -0.25) is 0 Å². The average molecular weight is 451 g/mol. The molecule has 0 radical (unpaired) electrons. The molecule has 1 heterocycles. The van der Waals surface area contributed by atoms with E-state index in [4.69, 9.17) is 0 Å². The first-order valence-corrected chi connectivity index (χ1v) is 12.2. The molecule has 0 amide bonds. The van der Waals surface area contributed by atoms with E-state index in [1.165, 1.54) is 56.4 Å². The lowest BCUT2D eigenvalue weighted by atomic mass is 9.82. The summed E-state index contributed by atoms with van der Waals surface area (Å²) in [6.45, 7) is 4.70. The molecule has 0 spiro atoms. The first-order chi connectivity index (χ1) is 17.2. The Labute approximate surface area is 206 Å². The lowest BCUT2D eigenvalue weighted by molar-refractivity contribution is 0.660. The predicted molar refractivity (Wildman–Crippen MR) is 147 cm³/mol. The van der Waals surface area contributed by atoms with Gasteiger partial charge in [-0.05, 0) is 59.2 Å². The smallest absolute Gasteiger partial charge is 0.0785 e. The summed E-state index contributed by atoms with van der Waals surface area (Å²) in [6, 6.07) is 43.8. The fourth-order valence-corrected chi connectivity index (χ4v) is 5.96. The van der Waals surface area contributed by atoms with E-state index in [-0.39, 0.29) is 5.41 Å². The number of benzene rings is 5. The van der Waals surface area contributed by atoms with Crippen LogP contribution < -0.4 is 9.80 Å². The summed E-state index contributed by atoms with van der Waals surface area (Å²) in [5.41, 5.74) is 12.5. The van der Waals surface area contributed by atoms with Crippen LogP contribution in [0.2, 0.25) is 0 Å². The average Bonchev–Trinajstić information content (AvgIpc) is 3.15. The lowest BCUT2D eigenvalue weighted by Gasteiger charge is -2.41. The minimum absolute atomic E-state index is 0.0577. The second-order valence-electron chi connectivity index (χ2n) is 9.86. The first kappa shape index (κ1) is 20.1. The Kier molecular flexibility index (Phi) is 4.22. The molecule has 1 aliphatic carbocycles. The van der Waals surface area contributed by atoms with Gasteiger partial charge in [0.2, 0.25) is 0 Å². The summed E-state index contributed by atoms with van der Waals surface area (Å²) in [7, 11) is 0. The van der Waals surface area contributed by atoms with E-state index < -0.39 is 0 Å². The molecular weight excluding hydrogens is 424 g/mol. The Morgan fingerprint density at radius 2 is 1.00 bits per heavy atom. The van der Waals surface area contributed by atoms with Crippen molar-refractivity contribution in [3.8, 4) is 11.1 Å². The van der Waals surface area contributed by atoms with Gasteiger partial charge in [-0.1, -0.05) is 92.7 Å². The highest BCUT2D eigenvalue weighted by Crippen LogP contribution is 2.61. The van der Waals surface area contributed by atoms with Crippen LogP contribution in [-0.2, 0) is 5.41 Å². The predicted octanol–water partition coefficient (Wildman–Crippen LogP) is 9.25. The minimum atomic E-state index is -0.0577. The van der Waals surface area contributed by atoms with Crippen molar-refractivity contribution in [2.75, 3.05) is 9.80 Å². The Balaban J connectivity index is 1.63. The van der Waals surface area contributed by atoms with Crippen molar-refractivity contribution in [2.24, 2.45) is 0 Å². The molecule has 0 atom stereocenters. The molecule has 1 aliphatic heterocycles. The molecule has 7 rings (SSSR count). The zero-order valence-electron chi connectivity index (χ0n) is 19.9. The highest BCUT2D eigenvalue weighted by atomic mass is 15.3. The number of hydrogen-bond donors (Lipinski definition) is 0. The van der Waals surface area contributed by atoms with E-state index in [1.54, 1.807) is 0 Å². The van der Waals surface area contributed by atoms with Crippen LogP contribution >= 0.6 is 0 Å². The van der Waals surface area contributed by atoms with E-state index in [9.17, 15) is 0 Å². The number of hydrogen-bond acceptors (Lipinski definition) is 2. The van der Waals surface area contributed by atoms with E-state index in [0.717, 1.165) is 0 Å². The molecule has 2 nitrogen and oxygen atoms in total. The Morgan fingerprint density at radius 3 is 1.69 bits per heavy atom. The fraction of sp³-hybridized carbons (Fsp3) is 0.0909. The highest BCUT2D eigenvalue weighted by molar-refractivity contribution is 6.08. The van der Waals surface area contributed by atoms with Gasteiger partial charge in [0.15, 0.2) is 0 Å². The molecule has 0 aromatic heterocycles. The van der Waals surface area contributed by atoms with E-state index >= 15 is 0 Å². The van der Waals surface area contributed by atoms with Gasteiger partial charge in [-0.2, -0.15) is 0 Å². The van der Waals surface area contributed by atoms with Crippen molar-refractivity contribution in [1.29, 1.82) is 0 Å². The molecule has 5 aromatic rings. The van der Waals surface area contributed by atoms with Crippen LogP contribution in [0.15, 0.2) is 121 Å². The van der Waals surface area contributed by atoms with E-state index in [0.29, 0.717) is 0 Å². The van der Waals surface area contributed by atoms with Crippen LogP contribution in [0.3, 0.4) is 0 Å². The molecule has 168 valence electrons. The van der Waals surface area contributed by atoms with Gasteiger partial charge in [-0.25, -0.2) is 0 Å². The standard InChI is InChI=1S/C33H26N2/c1-33(2)26-18-10-9-17-25(26)31-27(33)21-22-30-32(31)35(24-15-7-4-8-16-24)29-20-12-11-19-28(29)34(30)23-13-5-3-6-14-23/h3-22H,1-2H3.